The first kappa shape index (κ1) is 20.0. The molecule has 2 heterocycles. The fourth-order valence-electron chi connectivity index (χ4n) is 3.81. The van der Waals surface area contributed by atoms with Gasteiger partial charge in [-0.15, -0.1) is 0 Å². The summed E-state index contributed by atoms with van der Waals surface area (Å²) >= 11 is 0. The molecule has 0 spiro atoms. The average molecular weight is 347 g/mol. The van der Waals surface area contributed by atoms with Crippen LogP contribution in [0.25, 0.3) is 0 Å². The maximum atomic E-state index is 10.5. The molecular weight excluding hydrogens is 314 g/mol. The van der Waals surface area contributed by atoms with Crippen LogP contribution in [0.5, 0.6) is 0 Å². The second-order valence-corrected chi connectivity index (χ2v) is 7.53. The summed E-state index contributed by atoms with van der Waals surface area (Å²) in [4.78, 5) is 1.96. The van der Waals surface area contributed by atoms with Gasteiger partial charge >= 0.3 is 0 Å². The highest BCUT2D eigenvalue weighted by Gasteiger charge is 2.49. The van der Waals surface area contributed by atoms with Crippen LogP contribution in [-0.2, 0) is 18.9 Å². The molecule has 142 valence electrons. The first-order valence-corrected chi connectivity index (χ1v) is 8.64. The molecule has 2 fully saturated rings. The van der Waals surface area contributed by atoms with Gasteiger partial charge in [0, 0.05) is 13.5 Å². The third kappa shape index (κ3) is 3.77. The molecule has 24 heavy (non-hydrogen) atoms. The van der Waals surface area contributed by atoms with Crippen molar-refractivity contribution in [2.24, 2.45) is 0 Å². The minimum atomic E-state index is -0.735. The van der Waals surface area contributed by atoms with Gasteiger partial charge in [-0.1, -0.05) is 0 Å². The highest BCUT2D eigenvalue weighted by molar-refractivity contribution is 4.97. The summed E-state index contributed by atoms with van der Waals surface area (Å²) in [5, 5.41) is 20.8. The Kier molecular flexibility index (Phi) is 6.29. The van der Waals surface area contributed by atoms with Crippen molar-refractivity contribution in [2.45, 2.75) is 88.7 Å². The molecule has 0 radical (unpaired) electrons. The van der Waals surface area contributed by atoms with Gasteiger partial charge in [-0.25, -0.2) is 0 Å². The standard InChI is InChI=1S/C17H33NO6/c1-9-14(19)13(18(5)6)15(10(2)22-9)24-12-8-17(4,21-7)16(20)11(3)23-12/h9-16,19-20H,8H2,1-7H3/t9?,10?,11-,12?,13?,14?,15?,16?,17?/m0/s1. The number of hydrogen-bond donors (Lipinski definition) is 2. The van der Waals surface area contributed by atoms with Gasteiger partial charge in [-0.05, 0) is 41.8 Å². The van der Waals surface area contributed by atoms with Gasteiger partial charge < -0.3 is 34.1 Å². The van der Waals surface area contributed by atoms with Gasteiger partial charge in [0.1, 0.15) is 12.2 Å². The maximum Gasteiger partial charge on any atom is 0.161 e. The predicted octanol–water partition coefficient (Wildman–Crippen LogP) is 0.371. The number of nitrogens with zero attached hydrogens (tertiary/aromatic N) is 1. The monoisotopic (exact) mass is 347 g/mol. The van der Waals surface area contributed by atoms with E-state index in [4.69, 9.17) is 18.9 Å². The molecule has 0 aromatic carbocycles. The number of rotatable bonds is 4. The lowest BCUT2D eigenvalue weighted by Crippen LogP contribution is -2.64. The number of aliphatic hydroxyl groups is 2. The van der Waals surface area contributed by atoms with Crippen molar-refractivity contribution in [3.63, 3.8) is 0 Å². The Balaban J connectivity index is 2.15. The molecule has 7 heteroatoms. The summed E-state index contributed by atoms with van der Waals surface area (Å²) in [6.07, 6.45) is -2.70. The van der Waals surface area contributed by atoms with Crippen LogP contribution in [0, 0.1) is 0 Å². The lowest BCUT2D eigenvalue weighted by atomic mass is 9.88. The van der Waals surface area contributed by atoms with Crippen LogP contribution in [0.2, 0.25) is 0 Å². The molecule has 0 aromatic heterocycles. The Bertz CT molecular complexity index is 422. The van der Waals surface area contributed by atoms with Crippen molar-refractivity contribution < 1.29 is 29.2 Å². The van der Waals surface area contributed by atoms with E-state index in [0.29, 0.717) is 6.42 Å². The minimum absolute atomic E-state index is 0.185. The number of aliphatic hydroxyl groups excluding tert-OH is 2. The second kappa shape index (κ2) is 7.53. The zero-order valence-corrected chi connectivity index (χ0v) is 15.8. The summed E-state index contributed by atoms with van der Waals surface area (Å²) in [5.74, 6) is 0. The van der Waals surface area contributed by atoms with Gasteiger partial charge in [0.25, 0.3) is 0 Å². The first-order valence-electron chi connectivity index (χ1n) is 8.64. The Labute approximate surface area is 144 Å². The summed E-state index contributed by atoms with van der Waals surface area (Å²) in [6.45, 7) is 7.47. The fourth-order valence-corrected chi connectivity index (χ4v) is 3.81. The molecule has 2 aliphatic heterocycles. The van der Waals surface area contributed by atoms with Crippen LogP contribution in [0.3, 0.4) is 0 Å². The van der Waals surface area contributed by atoms with Crippen molar-refractivity contribution in [3.05, 3.63) is 0 Å². The van der Waals surface area contributed by atoms with Gasteiger partial charge in [-0.3, -0.25) is 0 Å². The Morgan fingerprint density at radius 2 is 1.67 bits per heavy atom. The minimum Gasteiger partial charge on any atom is -0.389 e. The highest BCUT2D eigenvalue weighted by atomic mass is 16.7. The van der Waals surface area contributed by atoms with Crippen LogP contribution in [0.1, 0.15) is 34.1 Å². The van der Waals surface area contributed by atoms with Crippen molar-refractivity contribution in [2.75, 3.05) is 21.2 Å². The van der Waals surface area contributed by atoms with Gasteiger partial charge in [-0.2, -0.15) is 0 Å². The molecule has 0 aromatic rings. The van der Waals surface area contributed by atoms with E-state index in [1.54, 1.807) is 14.0 Å². The van der Waals surface area contributed by atoms with E-state index in [1.807, 2.05) is 39.8 Å². The Morgan fingerprint density at radius 3 is 2.21 bits per heavy atom. The molecule has 2 N–H and O–H groups in total. The molecule has 0 saturated carbocycles. The van der Waals surface area contributed by atoms with E-state index in [1.165, 1.54) is 0 Å². The predicted molar refractivity (Wildman–Crippen MR) is 88.7 cm³/mol. The Morgan fingerprint density at radius 1 is 1.04 bits per heavy atom. The van der Waals surface area contributed by atoms with Crippen LogP contribution in [0.15, 0.2) is 0 Å². The quantitative estimate of drug-likeness (QED) is 0.760. The fraction of sp³-hybridized carbons (Fsp3) is 1.00. The van der Waals surface area contributed by atoms with E-state index in [0.717, 1.165) is 0 Å². The van der Waals surface area contributed by atoms with Gasteiger partial charge in [0.05, 0.1) is 36.1 Å². The van der Waals surface area contributed by atoms with Crippen molar-refractivity contribution in [3.8, 4) is 0 Å². The molecule has 2 rings (SSSR count). The topological polar surface area (TPSA) is 80.6 Å². The summed E-state index contributed by atoms with van der Waals surface area (Å²) in [5.41, 5.74) is -0.735. The molecule has 8 unspecified atom stereocenters. The third-order valence-electron chi connectivity index (χ3n) is 5.44. The zero-order chi connectivity index (χ0) is 18.2. The van der Waals surface area contributed by atoms with Crippen LogP contribution in [-0.4, -0.2) is 90.9 Å². The SMILES string of the molecule is COC1(C)CC(OC2C(C)OC(C)C(O)C2N(C)C)O[C@@H](C)C1O. The van der Waals surface area contributed by atoms with Crippen LogP contribution < -0.4 is 0 Å². The van der Waals surface area contributed by atoms with Gasteiger partial charge in [0.2, 0.25) is 0 Å². The van der Waals surface area contributed by atoms with E-state index in [-0.39, 0.29) is 24.4 Å². The van der Waals surface area contributed by atoms with E-state index < -0.39 is 30.2 Å². The van der Waals surface area contributed by atoms with E-state index >= 15 is 0 Å². The normalized spacial score (nSPS) is 50.2. The lowest BCUT2D eigenvalue weighted by molar-refractivity contribution is -0.313. The van der Waals surface area contributed by atoms with Crippen molar-refractivity contribution in [1.29, 1.82) is 0 Å². The number of hydrogen-bond acceptors (Lipinski definition) is 7. The molecule has 0 amide bonds. The molecular formula is C17H33NO6. The smallest absolute Gasteiger partial charge is 0.161 e. The first-order chi connectivity index (χ1) is 11.1. The third-order valence-corrected chi connectivity index (χ3v) is 5.44. The number of ether oxygens (including phenoxy) is 4. The van der Waals surface area contributed by atoms with Crippen LogP contribution in [0.4, 0.5) is 0 Å². The highest BCUT2D eigenvalue weighted by Crippen LogP contribution is 2.35. The van der Waals surface area contributed by atoms with E-state index in [2.05, 4.69) is 0 Å². The molecule has 9 atom stereocenters. The Hall–Kier alpha value is -0.280. The number of methoxy groups -OCH3 is 1. The van der Waals surface area contributed by atoms with Crippen molar-refractivity contribution >= 4 is 0 Å². The summed E-state index contributed by atoms with van der Waals surface area (Å²) < 4.78 is 23.4. The largest absolute Gasteiger partial charge is 0.389 e. The van der Waals surface area contributed by atoms with Crippen LogP contribution >= 0.6 is 0 Å². The second-order valence-electron chi connectivity index (χ2n) is 7.53. The molecule has 2 aliphatic rings. The molecule has 0 aliphatic carbocycles. The lowest BCUT2D eigenvalue weighted by Gasteiger charge is -2.49. The molecule has 2 saturated heterocycles. The average Bonchev–Trinajstić information content (AvgIpc) is 2.50. The van der Waals surface area contributed by atoms with Crippen molar-refractivity contribution in [1.82, 2.24) is 4.90 Å². The summed E-state index contributed by atoms with van der Waals surface area (Å²) in [7, 11) is 5.42. The number of likely N-dealkylation sites (N-methyl/N-ethyl adjacent to an activating group) is 1. The zero-order valence-electron chi connectivity index (χ0n) is 15.8. The molecule has 7 nitrogen and oxygen atoms in total. The molecule has 0 bridgehead atoms. The van der Waals surface area contributed by atoms with Gasteiger partial charge in [0.15, 0.2) is 6.29 Å². The summed E-state index contributed by atoms with van der Waals surface area (Å²) in [6, 6.07) is -0.205. The maximum absolute atomic E-state index is 10.5. The van der Waals surface area contributed by atoms with E-state index in [9.17, 15) is 10.2 Å².